The van der Waals surface area contributed by atoms with E-state index in [4.69, 9.17) is 11.6 Å². The molecule has 1 heterocycles. The quantitative estimate of drug-likeness (QED) is 0.642. The van der Waals surface area contributed by atoms with E-state index in [2.05, 4.69) is 63.2 Å². The molecule has 0 amide bonds. The van der Waals surface area contributed by atoms with Crippen molar-refractivity contribution in [2.24, 2.45) is 0 Å². The molecule has 0 bridgehead atoms. The minimum Gasteiger partial charge on any atom is -0.306 e. The third kappa shape index (κ3) is 3.82. The second-order valence-electron chi connectivity index (χ2n) is 4.25. The van der Waals surface area contributed by atoms with Crippen molar-refractivity contribution in [3.05, 3.63) is 53.6 Å². The van der Waals surface area contributed by atoms with Crippen LogP contribution in [0.2, 0.25) is 5.02 Å². The van der Waals surface area contributed by atoms with Gasteiger partial charge in [-0.3, -0.25) is 0 Å². The topological polar surface area (TPSA) is 12.0 Å². The molecule has 0 aliphatic carbocycles. The van der Waals surface area contributed by atoms with Gasteiger partial charge in [0.25, 0.3) is 0 Å². The summed E-state index contributed by atoms with van der Waals surface area (Å²) in [6, 6.07) is 8.39. The predicted octanol–water partition coefficient (Wildman–Crippen LogP) is 5.93. The molecule has 2 aromatic rings. The molecule has 2 rings (SSSR count). The fourth-order valence-corrected chi connectivity index (χ4v) is 4.50. The predicted molar refractivity (Wildman–Crippen MR) is 91.4 cm³/mol. The Morgan fingerprint density at radius 1 is 1.26 bits per heavy atom. The molecule has 1 N–H and O–H groups in total. The highest BCUT2D eigenvalue weighted by Crippen LogP contribution is 2.35. The minimum absolute atomic E-state index is 0.176. The van der Waals surface area contributed by atoms with Gasteiger partial charge >= 0.3 is 0 Å². The second kappa shape index (κ2) is 6.72. The molecule has 1 nitrogen and oxygen atoms in total. The zero-order valence-corrected chi connectivity index (χ0v) is 15.4. The Morgan fingerprint density at radius 3 is 2.53 bits per heavy atom. The van der Waals surface area contributed by atoms with E-state index in [1.54, 1.807) is 11.3 Å². The smallest absolute Gasteiger partial charge is 0.0672 e. The van der Waals surface area contributed by atoms with Gasteiger partial charge in [0.05, 0.1) is 6.04 Å². The molecule has 102 valence electrons. The van der Waals surface area contributed by atoms with Crippen LogP contribution in [0, 0.1) is 6.92 Å². The molecule has 5 heteroatoms. The van der Waals surface area contributed by atoms with Crippen LogP contribution in [-0.2, 0) is 0 Å². The van der Waals surface area contributed by atoms with Gasteiger partial charge in [0.1, 0.15) is 0 Å². The molecule has 1 aromatic heterocycles. The Hall–Kier alpha value is 0.130. The first-order valence-corrected chi connectivity index (χ1v) is 8.74. The molecule has 1 atom stereocenters. The highest BCUT2D eigenvalue weighted by Gasteiger charge is 2.17. The van der Waals surface area contributed by atoms with E-state index in [0.29, 0.717) is 0 Å². The van der Waals surface area contributed by atoms with Crippen LogP contribution in [0.25, 0.3) is 0 Å². The Bertz CT molecular complexity index is 543. The molecule has 0 saturated heterocycles. The van der Waals surface area contributed by atoms with Gasteiger partial charge in [-0.15, -0.1) is 11.3 Å². The van der Waals surface area contributed by atoms with E-state index >= 15 is 0 Å². The third-order valence-electron chi connectivity index (χ3n) is 2.79. The van der Waals surface area contributed by atoms with Crippen molar-refractivity contribution >= 4 is 54.8 Å². The molecule has 0 spiro atoms. The maximum Gasteiger partial charge on any atom is 0.0672 e. The summed E-state index contributed by atoms with van der Waals surface area (Å²) in [5.41, 5.74) is 1.18. The number of aryl methyl sites for hydroxylation is 1. The molecule has 1 aromatic carbocycles. The summed E-state index contributed by atoms with van der Waals surface area (Å²) in [5.74, 6) is 0. The molecular formula is C14H14Br2ClNS. The van der Waals surface area contributed by atoms with Crippen LogP contribution in [-0.4, -0.2) is 6.54 Å². The monoisotopic (exact) mass is 421 g/mol. The van der Waals surface area contributed by atoms with Crippen molar-refractivity contribution in [3.8, 4) is 0 Å². The molecular weight excluding hydrogens is 409 g/mol. The highest BCUT2D eigenvalue weighted by molar-refractivity contribution is 9.10. The van der Waals surface area contributed by atoms with Crippen molar-refractivity contribution < 1.29 is 0 Å². The highest BCUT2D eigenvalue weighted by atomic mass is 79.9. The Morgan fingerprint density at radius 2 is 2.00 bits per heavy atom. The Kier molecular flexibility index (Phi) is 5.49. The molecule has 0 radical (unpaired) electrons. The minimum atomic E-state index is 0.176. The van der Waals surface area contributed by atoms with Gasteiger partial charge in [0, 0.05) is 23.7 Å². The van der Waals surface area contributed by atoms with Crippen LogP contribution >= 0.6 is 54.8 Å². The summed E-state index contributed by atoms with van der Waals surface area (Å²) in [6.07, 6.45) is 0. The molecule has 0 saturated carbocycles. The maximum absolute atomic E-state index is 6.15. The van der Waals surface area contributed by atoms with Gasteiger partial charge in [0.15, 0.2) is 0 Å². The normalized spacial score (nSPS) is 12.7. The lowest BCUT2D eigenvalue weighted by Crippen LogP contribution is -2.21. The number of thiophene rings is 1. The summed E-state index contributed by atoms with van der Waals surface area (Å²) >= 11 is 15.0. The zero-order valence-electron chi connectivity index (χ0n) is 10.6. The van der Waals surface area contributed by atoms with Crippen LogP contribution in [0.5, 0.6) is 0 Å². The summed E-state index contributed by atoms with van der Waals surface area (Å²) < 4.78 is 2.17. The van der Waals surface area contributed by atoms with Crippen LogP contribution < -0.4 is 5.32 Å². The molecule has 0 aliphatic rings. The van der Waals surface area contributed by atoms with E-state index in [1.807, 2.05) is 12.1 Å². The van der Waals surface area contributed by atoms with Crippen LogP contribution in [0.3, 0.4) is 0 Å². The van der Waals surface area contributed by atoms with Gasteiger partial charge in [-0.05, 0) is 59.2 Å². The lowest BCUT2D eigenvalue weighted by atomic mass is 10.1. The van der Waals surface area contributed by atoms with Crippen molar-refractivity contribution in [2.45, 2.75) is 19.9 Å². The standard InChI is InChI=1S/C14H14Br2ClNS/c1-3-18-14(13-7-12(16)8(2)19-13)9-4-10(15)6-11(17)5-9/h4-7,14,18H,3H2,1-2H3. The lowest BCUT2D eigenvalue weighted by Gasteiger charge is -2.17. The molecule has 1 unspecified atom stereocenters. The number of benzene rings is 1. The van der Waals surface area contributed by atoms with Gasteiger partial charge in [0.2, 0.25) is 0 Å². The SMILES string of the molecule is CCNC(c1cc(Cl)cc(Br)c1)c1cc(Br)c(C)s1. The fourth-order valence-electron chi connectivity index (χ4n) is 1.95. The van der Waals surface area contributed by atoms with Crippen LogP contribution in [0.15, 0.2) is 33.2 Å². The van der Waals surface area contributed by atoms with Gasteiger partial charge in [-0.1, -0.05) is 34.5 Å². The van der Waals surface area contributed by atoms with Crippen LogP contribution in [0.1, 0.15) is 28.3 Å². The van der Waals surface area contributed by atoms with E-state index < -0.39 is 0 Å². The first-order valence-electron chi connectivity index (χ1n) is 5.96. The first-order chi connectivity index (χ1) is 9.01. The molecule has 0 aliphatic heterocycles. The summed E-state index contributed by atoms with van der Waals surface area (Å²) in [7, 11) is 0. The summed E-state index contributed by atoms with van der Waals surface area (Å²) in [5, 5.41) is 4.27. The Balaban J connectivity index is 2.44. The zero-order chi connectivity index (χ0) is 14.0. The van der Waals surface area contributed by atoms with Crippen molar-refractivity contribution in [2.75, 3.05) is 6.54 Å². The lowest BCUT2D eigenvalue weighted by molar-refractivity contribution is 0.639. The average Bonchev–Trinajstić information content (AvgIpc) is 2.65. The first kappa shape index (κ1) is 15.5. The van der Waals surface area contributed by atoms with E-state index in [-0.39, 0.29) is 6.04 Å². The Labute approximate surface area is 139 Å². The van der Waals surface area contributed by atoms with Crippen molar-refractivity contribution in [1.82, 2.24) is 5.32 Å². The number of hydrogen-bond donors (Lipinski definition) is 1. The van der Waals surface area contributed by atoms with Crippen LogP contribution in [0.4, 0.5) is 0 Å². The molecule has 19 heavy (non-hydrogen) atoms. The van der Waals surface area contributed by atoms with Crippen molar-refractivity contribution in [3.63, 3.8) is 0 Å². The number of halogens is 3. The molecule has 0 fully saturated rings. The third-order valence-corrected chi connectivity index (χ3v) is 5.66. The van der Waals surface area contributed by atoms with E-state index in [1.165, 1.54) is 15.3 Å². The second-order valence-corrected chi connectivity index (χ2v) is 7.74. The number of nitrogens with one attached hydrogen (secondary N) is 1. The summed E-state index contributed by atoms with van der Waals surface area (Å²) in [6.45, 7) is 5.14. The maximum atomic E-state index is 6.15. The average molecular weight is 424 g/mol. The fraction of sp³-hybridized carbons (Fsp3) is 0.286. The van der Waals surface area contributed by atoms with Crippen molar-refractivity contribution in [1.29, 1.82) is 0 Å². The largest absolute Gasteiger partial charge is 0.306 e. The van der Waals surface area contributed by atoms with Gasteiger partial charge in [-0.25, -0.2) is 0 Å². The van der Waals surface area contributed by atoms with Gasteiger partial charge < -0.3 is 5.32 Å². The van der Waals surface area contributed by atoms with E-state index in [0.717, 1.165) is 20.5 Å². The number of rotatable bonds is 4. The van der Waals surface area contributed by atoms with E-state index in [9.17, 15) is 0 Å². The van der Waals surface area contributed by atoms with Gasteiger partial charge in [-0.2, -0.15) is 0 Å². The number of hydrogen-bond acceptors (Lipinski definition) is 2. The summed E-state index contributed by atoms with van der Waals surface area (Å²) in [4.78, 5) is 2.58.